The summed E-state index contributed by atoms with van der Waals surface area (Å²) in [6.45, 7) is 7.46. The van der Waals surface area contributed by atoms with Gasteiger partial charge in [-0.05, 0) is 38.0 Å². The Kier molecular flexibility index (Phi) is 4.84. The van der Waals surface area contributed by atoms with Crippen molar-refractivity contribution >= 4 is 21.5 Å². The summed E-state index contributed by atoms with van der Waals surface area (Å²) in [5.74, 6) is 0.828. The van der Waals surface area contributed by atoms with E-state index in [4.69, 9.17) is 0 Å². The molecule has 2 unspecified atom stereocenters. The third-order valence-electron chi connectivity index (χ3n) is 4.99. The van der Waals surface area contributed by atoms with E-state index in [0.29, 0.717) is 24.9 Å². The van der Waals surface area contributed by atoms with Gasteiger partial charge in [-0.3, -0.25) is 0 Å². The van der Waals surface area contributed by atoms with Gasteiger partial charge >= 0.3 is 0 Å². The molecule has 1 aromatic heterocycles. The summed E-state index contributed by atoms with van der Waals surface area (Å²) in [6.07, 6.45) is 4.89. The number of rotatable bonds is 4. The van der Waals surface area contributed by atoms with Crippen molar-refractivity contribution in [3.05, 3.63) is 16.1 Å². The summed E-state index contributed by atoms with van der Waals surface area (Å²) in [6, 6.07) is 0. The van der Waals surface area contributed by atoms with Gasteiger partial charge in [0.2, 0.25) is 0 Å². The predicted molar refractivity (Wildman–Crippen MR) is 93.6 cm³/mol. The van der Waals surface area contributed by atoms with Crippen LogP contribution < -0.4 is 4.72 Å². The number of nitrogens with zero attached hydrogens (tertiary/aromatic N) is 2. The molecule has 7 heteroatoms. The van der Waals surface area contributed by atoms with E-state index in [1.165, 1.54) is 0 Å². The first-order valence-corrected chi connectivity index (χ1v) is 10.8. The molecule has 1 aromatic rings. The van der Waals surface area contributed by atoms with Crippen LogP contribution in [-0.2, 0) is 15.7 Å². The van der Waals surface area contributed by atoms with Crippen LogP contribution >= 0.6 is 11.3 Å². The number of hydrogen-bond acceptors (Lipinski definition) is 4. The van der Waals surface area contributed by atoms with Crippen LogP contribution in [-0.4, -0.2) is 30.8 Å². The Bertz CT molecular complexity index is 640. The number of piperidine rings is 1. The van der Waals surface area contributed by atoms with Crippen molar-refractivity contribution in [2.75, 3.05) is 13.1 Å². The molecule has 0 radical (unpaired) electrons. The van der Waals surface area contributed by atoms with Crippen molar-refractivity contribution in [3.8, 4) is 0 Å². The molecule has 3 rings (SSSR count). The van der Waals surface area contributed by atoms with Gasteiger partial charge in [0.25, 0.3) is 10.2 Å². The zero-order valence-electron chi connectivity index (χ0n) is 14.2. The van der Waals surface area contributed by atoms with Gasteiger partial charge in [-0.1, -0.05) is 26.7 Å². The second-order valence-corrected chi connectivity index (χ2v) is 9.98. The van der Waals surface area contributed by atoms with Crippen LogP contribution in [0.2, 0.25) is 0 Å². The van der Waals surface area contributed by atoms with E-state index in [1.54, 1.807) is 15.6 Å². The van der Waals surface area contributed by atoms with Crippen LogP contribution in [0, 0.1) is 18.8 Å². The highest BCUT2D eigenvalue weighted by molar-refractivity contribution is 7.87. The normalized spacial score (nSPS) is 29.0. The van der Waals surface area contributed by atoms with E-state index in [-0.39, 0.29) is 0 Å². The van der Waals surface area contributed by atoms with Crippen molar-refractivity contribution in [2.45, 2.75) is 58.4 Å². The third kappa shape index (κ3) is 3.62. The van der Waals surface area contributed by atoms with Crippen molar-refractivity contribution in [1.82, 2.24) is 14.0 Å². The second kappa shape index (κ2) is 6.43. The van der Waals surface area contributed by atoms with Gasteiger partial charge in [-0.15, -0.1) is 11.3 Å². The smallest absolute Gasteiger partial charge is 0.245 e. The lowest BCUT2D eigenvalue weighted by Crippen LogP contribution is -2.53. The topological polar surface area (TPSA) is 62.3 Å². The predicted octanol–water partition coefficient (Wildman–Crippen LogP) is 3.03. The highest BCUT2D eigenvalue weighted by atomic mass is 32.2. The standard InChI is InChI=1S/C16H27N3O2S2/c1-12-8-13(2)10-19(9-12)23(20,21)18-16(6-4-5-7-16)15-17-14(3)11-22-15/h11-13,18H,4-10H2,1-3H3. The van der Waals surface area contributed by atoms with Gasteiger partial charge in [0.15, 0.2) is 0 Å². The largest absolute Gasteiger partial charge is 0.280 e. The molecule has 0 amide bonds. The minimum atomic E-state index is -3.48. The van der Waals surface area contributed by atoms with Crippen molar-refractivity contribution < 1.29 is 8.42 Å². The Morgan fingerprint density at radius 3 is 2.39 bits per heavy atom. The summed E-state index contributed by atoms with van der Waals surface area (Å²) in [4.78, 5) is 4.60. The Labute approximate surface area is 143 Å². The van der Waals surface area contributed by atoms with Crippen LogP contribution in [0.3, 0.4) is 0 Å². The van der Waals surface area contributed by atoms with Crippen molar-refractivity contribution in [1.29, 1.82) is 0 Å². The fourth-order valence-electron chi connectivity index (χ4n) is 4.03. The highest BCUT2D eigenvalue weighted by Crippen LogP contribution is 2.41. The lowest BCUT2D eigenvalue weighted by molar-refractivity contribution is 0.216. The van der Waals surface area contributed by atoms with E-state index in [0.717, 1.165) is 42.8 Å². The van der Waals surface area contributed by atoms with Gasteiger partial charge in [0, 0.05) is 24.2 Å². The molecule has 1 saturated carbocycles. The lowest BCUT2D eigenvalue weighted by atomic mass is 9.94. The van der Waals surface area contributed by atoms with Crippen LogP contribution in [0.15, 0.2) is 5.38 Å². The van der Waals surface area contributed by atoms with Gasteiger partial charge in [0.05, 0.1) is 5.54 Å². The molecule has 1 N–H and O–H groups in total. The number of aryl methyl sites for hydroxylation is 1. The maximum absolute atomic E-state index is 13.0. The lowest BCUT2D eigenvalue weighted by Gasteiger charge is -2.37. The number of thiazole rings is 1. The maximum atomic E-state index is 13.0. The third-order valence-corrected chi connectivity index (χ3v) is 7.78. The minimum Gasteiger partial charge on any atom is -0.245 e. The number of nitrogens with one attached hydrogen (secondary N) is 1. The molecule has 2 heterocycles. The van der Waals surface area contributed by atoms with E-state index in [9.17, 15) is 8.42 Å². The SMILES string of the molecule is Cc1csc(C2(NS(=O)(=O)N3CC(C)CC(C)C3)CCCC2)n1. The summed E-state index contributed by atoms with van der Waals surface area (Å²) in [5, 5.41) is 2.93. The summed E-state index contributed by atoms with van der Waals surface area (Å²) in [7, 11) is -3.48. The highest BCUT2D eigenvalue weighted by Gasteiger charge is 2.43. The van der Waals surface area contributed by atoms with E-state index in [1.807, 2.05) is 12.3 Å². The van der Waals surface area contributed by atoms with Gasteiger partial charge in [-0.25, -0.2) is 4.98 Å². The molecular weight excluding hydrogens is 330 g/mol. The fourth-order valence-corrected chi connectivity index (χ4v) is 6.93. The fraction of sp³-hybridized carbons (Fsp3) is 0.812. The molecule has 2 aliphatic rings. The van der Waals surface area contributed by atoms with Crippen LogP contribution in [0.1, 0.15) is 56.7 Å². The van der Waals surface area contributed by atoms with E-state index >= 15 is 0 Å². The maximum Gasteiger partial charge on any atom is 0.280 e. The zero-order valence-corrected chi connectivity index (χ0v) is 15.8. The van der Waals surface area contributed by atoms with Gasteiger partial charge < -0.3 is 0 Å². The molecule has 0 aromatic carbocycles. The molecule has 2 atom stereocenters. The second-order valence-electron chi connectivity index (χ2n) is 7.45. The number of aromatic nitrogens is 1. The van der Waals surface area contributed by atoms with Gasteiger partial charge in [0.1, 0.15) is 5.01 Å². The van der Waals surface area contributed by atoms with E-state index in [2.05, 4.69) is 23.6 Å². The molecule has 1 aliphatic carbocycles. The molecule has 130 valence electrons. The van der Waals surface area contributed by atoms with Crippen LogP contribution in [0.5, 0.6) is 0 Å². The summed E-state index contributed by atoms with van der Waals surface area (Å²) < 4.78 is 30.7. The van der Waals surface area contributed by atoms with Crippen molar-refractivity contribution in [3.63, 3.8) is 0 Å². The molecule has 0 bridgehead atoms. The Hall–Kier alpha value is -0.500. The first kappa shape index (κ1) is 17.3. The monoisotopic (exact) mass is 357 g/mol. The average Bonchev–Trinajstić information content (AvgIpc) is 3.07. The average molecular weight is 358 g/mol. The van der Waals surface area contributed by atoms with E-state index < -0.39 is 15.7 Å². The molecule has 0 spiro atoms. The van der Waals surface area contributed by atoms with Gasteiger partial charge in [-0.2, -0.15) is 17.4 Å². The molecule has 23 heavy (non-hydrogen) atoms. The molecule has 2 fully saturated rings. The molecular formula is C16H27N3O2S2. The first-order chi connectivity index (χ1) is 10.8. The van der Waals surface area contributed by atoms with Crippen LogP contribution in [0.25, 0.3) is 0 Å². The summed E-state index contributed by atoms with van der Waals surface area (Å²) in [5.41, 5.74) is 0.470. The number of hydrogen-bond donors (Lipinski definition) is 1. The first-order valence-electron chi connectivity index (χ1n) is 8.52. The Balaban J connectivity index is 1.85. The molecule has 5 nitrogen and oxygen atoms in total. The Morgan fingerprint density at radius 2 is 1.87 bits per heavy atom. The Morgan fingerprint density at radius 1 is 1.26 bits per heavy atom. The minimum absolute atomic E-state index is 0.414. The quantitative estimate of drug-likeness (QED) is 0.901. The summed E-state index contributed by atoms with van der Waals surface area (Å²) >= 11 is 1.58. The van der Waals surface area contributed by atoms with Crippen LogP contribution in [0.4, 0.5) is 0 Å². The van der Waals surface area contributed by atoms with Crippen molar-refractivity contribution in [2.24, 2.45) is 11.8 Å². The zero-order chi connectivity index (χ0) is 16.7. The molecule has 1 aliphatic heterocycles. The molecule has 1 saturated heterocycles.